The van der Waals surface area contributed by atoms with Crippen LogP contribution in [0.3, 0.4) is 0 Å². The standard InChI is InChI=1S/C26H31N4O2/c27-26(32)30-18-21-11-5-4-10-20(21)13-24(30)25(31)29-16-22-14-28(15-23(22)17-29)12-6-9-19-7-2-1-3-8-19/h1-5,7-11,22-24H,6,12-18H2,(H2,27,32)/t22?,23?,24-/m0/s1. The third kappa shape index (κ3) is 4.24. The van der Waals surface area contributed by atoms with E-state index in [2.05, 4.69) is 41.7 Å². The highest BCUT2D eigenvalue weighted by Crippen LogP contribution is 2.33. The topological polar surface area (TPSA) is 69.9 Å². The quantitative estimate of drug-likeness (QED) is 0.791. The van der Waals surface area contributed by atoms with Crippen molar-refractivity contribution in [2.45, 2.75) is 25.4 Å². The molecule has 167 valence electrons. The Hall–Kier alpha value is -2.86. The Bertz CT molecular complexity index is 965. The molecule has 5 rings (SSSR count). The first-order valence-electron chi connectivity index (χ1n) is 11.6. The number of nitrogens with zero attached hydrogens (tertiary/aromatic N) is 3. The van der Waals surface area contributed by atoms with E-state index in [1.54, 1.807) is 4.90 Å². The van der Waals surface area contributed by atoms with Crippen molar-refractivity contribution in [3.63, 3.8) is 0 Å². The van der Waals surface area contributed by atoms with Gasteiger partial charge >= 0.3 is 6.03 Å². The average Bonchev–Trinajstić information content (AvgIpc) is 3.37. The van der Waals surface area contributed by atoms with Crippen LogP contribution < -0.4 is 5.73 Å². The average molecular weight is 432 g/mol. The third-order valence-electron chi connectivity index (χ3n) is 7.32. The predicted molar refractivity (Wildman–Crippen MR) is 124 cm³/mol. The minimum absolute atomic E-state index is 0.0525. The third-order valence-corrected chi connectivity index (χ3v) is 7.32. The van der Waals surface area contributed by atoms with Gasteiger partial charge in [-0.05, 0) is 47.9 Å². The van der Waals surface area contributed by atoms with Crippen LogP contribution in [0.5, 0.6) is 0 Å². The largest absolute Gasteiger partial charge is 0.351 e. The molecule has 2 N–H and O–H groups in total. The molecule has 3 heterocycles. The molecule has 6 heteroatoms. The number of hydrogen-bond acceptors (Lipinski definition) is 3. The van der Waals surface area contributed by atoms with Crippen LogP contribution in [0.25, 0.3) is 0 Å². The van der Waals surface area contributed by atoms with Gasteiger partial charge in [0.2, 0.25) is 5.91 Å². The number of fused-ring (bicyclic) bond motifs is 2. The molecule has 3 atom stereocenters. The van der Waals surface area contributed by atoms with Gasteiger partial charge in [-0.15, -0.1) is 0 Å². The molecule has 2 unspecified atom stereocenters. The molecule has 2 aromatic rings. The van der Waals surface area contributed by atoms with Crippen LogP contribution in [0.4, 0.5) is 4.79 Å². The summed E-state index contributed by atoms with van der Waals surface area (Å²) in [5, 5.41) is 0. The summed E-state index contributed by atoms with van der Waals surface area (Å²) >= 11 is 0. The molecule has 0 aliphatic carbocycles. The van der Waals surface area contributed by atoms with Crippen LogP contribution in [0.1, 0.15) is 23.1 Å². The van der Waals surface area contributed by atoms with Crippen molar-refractivity contribution in [1.29, 1.82) is 0 Å². The SMILES string of the molecule is NC(=O)N1Cc2ccccc2C[C@H]1C(=O)N1CC2CN(CC[CH]c3ccccc3)CC2C1. The van der Waals surface area contributed by atoms with Gasteiger partial charge in [-0.25, -0.2) is 4.79 Å². The normalized spacial score (nSPS) is 24.9. The summed E-state index contributed by atoms with van der Waals surface area (Å²) in [5.41, 5.74) is 9.15. The molecule has 0 spiro atoms. The maximum absolute atomic E-state index is 13.4. The van der Waals surface area contributed by atoms with Crippen molar-refractivity contribution in [2.24, 2.45) is 17.6 Å². The molecule has 3 aliphatic rings. The molecule has 32 heavy (non-hydrogen) atoms. The summed E-state index contributed by atoms with van der Waals surface area (Å²) in [6.07, 6.45) is 3.88. The molecule has 0 bridgehead atoms. The fraction of sp³-hybridized carbons (Fsp3) is 0.423. The lowest BCUT2D eigenvalue weighted by Crippen LogP contribution is -2.55. The fourth-order valence-corrected chi connectivity index (χ4v) is 5.64. The second kappa shape index (κ2) is 8.94. The summed E-state index contributed by atoms with van der Waals surface area (Å²) in [5.74, 6) is 1.10. The Morgan fingerprint density at radius 1 is 0.906 bits per heavy atom. The second-order valence-electron chi connectivity index (χ2n) is 9.38. The monoisotopic (exact) mass is 431 g/mol. The number of benzene rings is 2. The highest BCUT2D eigenvalue weighted by molar-refractivity contribution is 5.87. The highest BCUT2D eigenvalue weighted by Gasteiger charge is 2.44. The summed E-state index contributed by atoms with van der Waals surface area (Å²) < 4.78 is 0. The first-order valence-corrected chi connectivity index (χ1v) is 11.6. The van der Waals surface area contributed by atoms with Crippen LogP contribution in [-0.4, -0.2) is 65.4 Å². The number of primary amides is 1. The summed E-state index contributed by atoms with van der Waals surface area (Å²) in [6, 6.07) is 17.5. The van der Waals surface area contributed by atoms with Gasteiger partial charge in [-0.1, -0.05) is 54.6 Å². The molecule has 0 saturated carbocycles. The molecule has 2 saturated heterocycles. The molecule has 1 radical (unpaired) electrons. The van der Waals surface area contributed by atoms with Crippen LogP contribution in [-0.2, 0) is 17.8 Å². The summed E-state index contributed by atoms with van der Waals surface area (Å²) in [4.78, 5) is 31.6. The minimum Gasteiger partial charge on any atom is -0.351 e. The van der Waals surface area contributed by atoms with Crippen LogP contribution >= 0.6 is 0 Å². The Kier molecular flexibility index (Phi) is 5.87. The maximum Gasteiger partial charge on any atom is 0.315 e. The molecule has 3 aliphatic heterocycles. The fourth-order valence-electron chi connectivity index (χ4n) is 5.64. The zero-order chi connectivity index (χ0) is 22.1. The van der Waals surface area contributed by atoms with Crippen LogP contribution in [0, 0.1) is 18.3 Å². The lowest BCUT2D eigenvalue weighted by molar-refractivity contribution is -0.135. The van der Waals surface area contributed by atoms with Crippen molar-refractivity contribution >= 4 is 11.9 Å². The van der Waals surface area contributed by atoms with Crippen molar-refractivity contribution in [3.8, 4) is 0 Å². The van der Waals surface area contributed by atoms with E-state index in [0.29, 0.717) is 24.8 Å². The molecule has 2 fully saturated rings. The van der Waals surface area contributed by atoms with E-state index in [-0.39, 0.29) is 5.91 Å². The van der Waals surface area contributed by atoms with E-state index >= 15 is 0 Å². The Labute approximate surface area is 190 Å². The van der Waals surface area contributed by atoms with E-state index in [4.69, 9.17) is 5.73 Å². The van der Waals surface area contributed by atoms with Crippen molar-refractivity contribution in [2.75, 3.05) is 32.7 Å². The minimum atomic E-state index is -0.516. The summed E-state index contributed by atoms with van der Waals surface area (Å²) in [6.45, 7) is 5.13. The van der Waals surface area contributed by atoms with Crippen LogP contribution in [0.15, 0.2) is 54.6 Å². The molecular formula is C26H31N4O2. The maximum atomic E-state index is 13.4. The second-order valence-corrected chi connectivity index (χ2v) is 9.38. The summed E-state index contributed by atoms with van der Waals surface area (Å²) in [7, 11) is 0. The van der Waals surface area contributed by atoms with E-state index in [0.717, 1.165) is 50.3 Å². The number of rotatable bonds is 5. The predicted octanol–water partition coefficient (Wildman–Crippen LogP) is 2.52. The van der Waals surface area contributed by atoms with Crippen LogP contribution in [0.2, 0.25) is 0 Å². The van der Waals surface area contributed by atoms with Crippen molar-refractivity contribution < 1.29 is 9.59 Å². The lowest BCUT2D eigenvalue weighted by atomic mass is 9.93. The van der Waals surface area contributed by atoms with Crippen molar-refractivity contribution in [3.05, 3.63) is 77.7 Å². The van der Waals surface area contributed by atoms with Gasteiger partial charge in [-0.3, -0.25) is 4.79 Å². The van der Waals surface area contributed by atoms with Gasteiger partial charge in [0.05, 0.1) is 0 Å². The smallest absolute Gasteiger partial charge is 0.315 e. The Morgan fingerprint density at radius 2 is 1.56 bits per heavy atom. The molecule has 2 aromatic carbocycles. The van der Waals surface area contributed by atoms with E-state index in [1.807, 2.05) is 29.2 Å². The number of hydrogen-bond donors (Lipinski definition) is 1. The number of urea groups is 1. The van der Waals surface area contributed by atoms with E-state index in [9.17, 15) is 9.59 Å². The lowest BCUT2D eigenvalue weighted by Gasteiger charge is -2.37. The van der Waals surface area contributed by atoms with Gasteiger partial charge in [-0.2, -0.15) is 0 Å². The highest BCUT2D eigenvalue weighted by atomic mass is 16.2. The van der Waals surface area contributed by atoms with Gasteiger partial charge in [0.1, 0.15) is 6.04 Å². The van der Waals surface area contributed by atoms with Gasteiger partial charge in [0, 0.05) is 39.1 Å². The first kappa shape index (κ1) is 21.0. The van der Waals surface area contributed by atoms with Gasteiger partial charge in [0.15, 0.2) is 0 Å². The number of amides is 3. The number of nitrogens with two attached hydrogens (primary N) is 1. The molecule has 0 aromatic heterocycles. The molecule has 3 amide bonds. The van der Waals surface area contributed by atoms with E-state index in [1.165, 1.54) is 5.56 Å². The molecule has 6 nitrogen and oxygen atoms in total. The zero-order valence-electron chi connectivity index (χ0n) is 18.4. The first-order chi connectivity index (χ1) is 15.6. The van der Waals surface area contributed by atoms with Crippen molar-refractivity contribution in [1.82, 2.24) is 14.7 Å². The Morgan fingerprint density at radius 3 is 2.25 bits per heavy atom. The van der Waals surface area contributed by atoms with E-state index < -0.39 is 12.1 Å². The van der Waals surface area contributed by atoms with Gasteiger partial charge < -0.3 is 20.4 Å². The number of carbonyl (C=O) groups is 2. The molecular weight excluding hydrogens is 400 g/mol. The number of carbonyl (C=O) groups excluding carboxylic acids is 2. The van der Waals surface area contributed by atoms with Gasteiger partial charge in [0.25, 0.3) is 0 Å². The zero-order valence-corrected chi connectivity index (χ0v) is 18.4. The number of likely N-dealkylation sites (tertiary alicyclic amines) is 2. The Balaban J connectivity index is 1.16.